The number of benzene rings is 2. The van der Waals surface area contributed by atoms with Crippen molar-refractivity contribution in [2.24, 2.45) is 0 Å². The Morgan fingerprint density at radius 3 is 2.25 bits per heavy atom. The molecule has 6 heteroatoms. The van der Waals surface area contributed by atoms with E-state index in [1.165, 1.54) is 24.3 Å². The van der Waals surface area contributed by atoms with Crippen LogP contribution in [0.3, 0.4) is 0 Å². The van der Waals surface area contributed by atoms with E-state index in [-0.39, 0.29) is 30.5 Å². The Morgan fingerprint density at radius 1 is 1.00 bits per heavy atom. The molecule has 0 spiro atoms. The largest absolute Gasteiger partial charge is 0.377 e. The lowest BCUT2D eigenvalue weighted by atomic mass is 10.0. The third-order valence-electron chi connectivity index (χ3n) is 4.39. The summed E-state index contributed by atoms with van der Waals surface area (Å²) in [6, 6.07) is 13.1. The van der Waals surface area contributed by atoms with Gasteiger partial charge >= 0.3 is 0 Å². The second-order valence-electron chi connectivity index (χ2n) is 6.93. The lowest BCUT2D eigenvalue weighted by Crippen LogP contribution is -2.35. The van der Waals surface area contributed by atoms with Crippen LogP contribution in [0.5, 0.6) is 0 Å². The number of carbonyl (C=O) groups is 2. The third kappa shape index (κ3) is 4.28. The van der Waals surface area contributed by atoms with Gasteiger partial charge in [-0.2, -0.15) is 0 Å². The Hall–Kier alpha value is -2.99. The zero-order valence-corrected chi connectivity index (χ0v) is 16.2. The molecule has 1 aliphatic heterocycles. The summed E-state index contributed by atoms with van der Waals surface area (Å²) in [5, 5.41) is 3.07. The molecule has 2 aromatic rings. The van der Waals surface area contributed by atoms with Crippen molar-refractivity contribution in [1.29, 1.82) is 0 Å². The highest BCUT2D eigenvalue weighted by atomic mass is 19.1. The molecule has 0 aliphatic carbocycles. The van der Waals surface area contributed by atoms with Crippen LogP contribution in [0.2, 0.25) is 0 Å². The van der Waals surface area contributed by atoms with Crippen molar-refractivity contribution in [2.75, 3.05) is 18.5 Å². The van der Waals surface area contributed by atoms with Crippen LogP contribution < -0.4 is 5.32 Å². The molecule has 1 heterocycles. The lowest BCUT2D eigenvalue weighted by Gasteiger charge is -2.16. The molecule has 3 rings (SSSR count). The lowest BCUT2D eigenvalue weighted by molar-refractivity contribution is -0.137. The molecule has 0 saturated carbocycles. The van der Waals surface area contributed by atoms with Gasteiger partial charge in [-0.3, -0.25) is 14.5 Å². The molecule has 0 bridgehead atoms. The zero-order valence-electron chi connectivity index (χ0n) is 16.2. The van der Waals surface area contributed by atoms with E-state index >= 15 is 0 Å². The van der Waals surface area contributed by atoms with Crippen molar-refractivity contribution in [1.82, 2.24) is 4.90 Å². The van der Waals surface area contributed by atoms with Gasteiger partial charge < -0.3 is 10.1 Å². The SMILES string of the molecule is Cc1ccc(NC2=C(c3ccc(F)cc3)C(=O)N(CCOC(C)C)C2=O)cc1. The van der Waals surface area contributed by atoms with Crippen molar-refractivity contribution in [2.45, 2.75) is 26.9 Å². The summed E-state index contributed by atoms with van der Waals surface area (Å²) in [5.74, 6) is -1.24. The average Bonchev–Trinajstić information content (AvgIpc) is 2.88. The number of ether oxygens (including phenoxy) is 1. The Labute approximate surface area is 163 Å². The van der Waals surface area contributed by atoms with E-state index in [4.69, 9.17) is 4.74 Å². The van der Waals surface area contributed by atoms with E-state index in [1.807, 2.05) is 45.0 Å². The number of anilines is 1. The summed E-state index contributed by atoms with van der Waals surface area (Å²) < 4.78 is 18.8. The minimum Gasteiger partial charge on any atom is -0.377 e. The quantitative estimate of drug-likeness (QED) is 0.741. The van der Waals surface area contributed by atoms with E-state index in [9.17, 15) is 14.0 Å². The monoisotopic (exact) mass is 382 g/mol. The second-order valence-corrected chi connectivity index (χ2v) is 6.93. The minimum atomic E-state index is -0.419. The summed E-state index contributed by atoms with van der Waals surface area (Å²) in [6.45, 7) is 6.15. The van der Waals surface area contributed by atoms with Gasteiger partial charge in [-0.1, -0.05) is 29.8 Å². The first kappa shape index (κ1) is 19.8. The summed E-state index contributed by atoms with van der Waals surface area (Å²) in [7, 11) is 0. The predicted octanol–water partition coefficient (Wildman–Crippen LogP) is 3.75. The zero-order chi connectivity index (χ0) is 20.3. The summed E-state index contributed by atoms with van der Waals surface area (Å²) in [6.07, 6.45) is 0.00230. The molecule has 146 valence electrons. The Balaban J connectivity index is 1.94. The van der Waals surface area contributed by atoms with E-state index in [0.717, 1.165) is 10.5 Å². The fourth-order valence-corrected chi connectivity index (χ4v) is 2.94. The van der Waals surface area contributed by atoms with Crippen molar-refractivity contribution in [3.8, 4) is 0 Å². The van der Waals surface area contributed by atoms with Gasteiger partial charge in [0, 0.05) is 5.69 Å². The third-order valence-corrected chi connectivity index (χ3v) is 4.39. The van der Waals surface area contributed by atoms with Gasteiger partial charge in [-0.15, -0.1) is 0 Å². The smallest absolute Gasteiger partial charge is 0.278 e. The molecule has 28 heavy (non-hydrogen) atoms. The van der Waals surface area contributed by atoms with Crippen molar-refractivity contribution >= 4 is 23.1 Å². The fraction of sp³-hybridized carbons (Fsp3) is 0.273. The van der Waals surface area contributed by atoms with Gasteiger partial charge in [0.25, 0.3) is 11.8 Å². The average molecular weight is 382 g/mol. The van der Waals surface area contributed by atoms with Gasteiger partial charge in [0.15, 0.2) is 0 Å². The van der Waals surface area contributed by atoms with Crippen LogP contribution in [-0.2, 0) is 14.3 Å². The molecule has 1 aliphatic rings. The molecule has 0 unspecified atom stereocenters. The van der Waals surface area contributed by atoms with Crippen molar-refractivity contribution in [3.05, 3.63) is 71.2 Å². The first-order valence-electron chi connectivity index (χ1n) is 9.18. The Morgan fingerprint density at radius 2 is 1.64 bits per heavy atom. The molecule has 0 atom stereocenters. The number of aryl methyl sites for hydroxylation is 1. The number of nitrogens with one attached hydrogen (secondary N) is 1. The Kier molecular flexibility index (Phi) is 5.90. The number of carbonyl (C=O) groups excluding carboxylic acids is 2. The number of nitrogens with zero attached hydrogens (tertiary/aromatic N) is 1. The highest BCUT2D eigenvalue weighted by molar-refractivity contribution is 6.36. The first-order valence-corrected chi connectivity index (χ1v) is 9.18. The predicted molar refractivity (Wildman–Crippen MR) is 106 cm³/mol. The van der Waals surface area contributed by atoms with E-state index < -0.39 is 17.6 Å². The molecule has 2 amide bonds. The summed E-state index contributed by atoms with van der Waals surface area (Å²) >= 11 is 0. The van der Waals surface area contributed by atoms with Gasteiger partial charge in [0.2, 0.25) is 0 Å². The van der Waals surface area contributed by atoms with Gasteiger partial charge in [-0.05, 0) is 50.6 Å². The first-order chi connectivity index (χ1) is 13.4. The van der Waals surface area contributed by atoms with Gasteiger partial charge in [-0.25, -0.2) is 4.39 Å². The van der Waals surface area contributed by atoms with E-state index in [2.05, 4.69) is 5.32 Å². The number of imide groups is 1. The maximum atomic E-state index is 13.3. The topological polar surface area (TPSA) is 58.6 Å². The van der Waals surface area contributed by atoms with Crippen LogP contribution in [0.1, 0.15) is 25.0 Å². The molecule has 0 aromatic heterocycles. The summed E-state index contributed by atoms with van der Waals surface area (Å²) in [5.41, 5.74) is 2.68. The van der Waals surface area contributed by atoms with Crippen LogP contribution in [0.15, 0.2) is 54.2 Å². The molecule has 5 nitrogen and oxygen atoms in total. The van der Waals surface area contributed by atoms with E-state index in [1.54, 1.807) is 0 Å². The Bertz CT molecular complexity index is 902. The maximum absolute atomic E-state index is 13.3. The second kappa shape index (κ2) is 8.35. The van der Waals surface area contributed by atoms with Crippen LogP contribution >= 0.6 is 0 Å². The van der Waals surface area contributed by atoms with Crippen LogP contribution in [0.4, 0.5) is 10.1 Å². The van der Waals surface area contributed by atoms with Crippen molar-refractivity contribution < 1.29 is 18.7 Å². The molecule has 2 aromatic carbocycles. The van der Waals surface area contributed by atoms with Crippen LogP contribution in [-0.4, -0.2) is 36.0 Å². The molecule has 0 saturated heterocycles. The van der Waals surface area contributed by atoms with Crippen LogP contribution in [0.25, 0.3) is 5.57 Å². The molecular formula is C22H23FN2O3. The van der Waals surface area contributed by atoms with Crippen LogP contribution in [0, 0.1) is 12.7 Å². The van der Waals surface area contributed by atoms with Crippen molar-refractivity contribution in [3.63, 3.8) is 0 Å². The minimum absolute atomic E-state index is 0.00230. The molecule has 1 N–H and O–H groups in total. The molecular weight excluding hydrogens is 359 g/mol. The molecule has 0 fully saturated rings. The fourth-order valence-electron chi connectivity index (χ4n) is 2.94. The standard InChI is InChI=1S/C22H23FN2O3/c1-14(2)28-13-12-25-21(26)19(16-6-8-17(23)9-7-16)20(22(25)27)24-18-10-4-15(3)5-11-18/h4-11,14,24H,12-13H2,1-3H3. The highest BCUT2D eigenvalue weighted by Gasteiger charge is 2.39. The maximum Gasteiger partial charge on any atom is 0.278 e. The number of amides is 2. The number of hydrogen-bond acceptors (Lipinski definition) is 4. The molecule has 0 radical (unpaired) electrons. The van der Waals surface area contributed by atoms with Gasteiger partial charge in [0.05, 0.1) is 24.8 Å². The highest BCUT2D eigenvalue weighted by Crippen LogP contribution is 2.30. The number of hydrogen-bond donors (Lipinski definition) is 1. The summed E-state index contributed by atoms with van der Waals surface area (Å²) in [4.78, 5) is 27.1. The van der Waals surface area contributed by atoms with Gasteiger partial charge in [0.1, 0.15) is 11.5 Å². The normalized spacial score (nSPS) is 14.4. The number of rotatable bonds is 7. The van der Waals surface area contributed by atoms with E-state index in [0.29, 0.717) is 11.3 Å². The number of halogens is 1.